The highest BCUT2D eigenvalue weighted by Gasteiger charge is 2.31. The molecule has 0 saturated carbocycles. The van der Waals surface area contributed by atoms with Crippen LogP contribution < -0.4 is 9.64 Å². The van der Waals surface area contributed by atoms with Gasteiger partial charge in [0.25, 0.3) is 0 Å². The van der Waals surface area contributed by atoms with Crippen LogP contribution in [0.15, 0.2) is 24.5 Å². The number of aryl methyl sites for hydroxylation is 2. The maximum absolute atomic E-state index is 13.8. The summed E-state index contributed by atoms with van der Waals surface area (Å²) >= 11 is 0. The lowest BCUT2D eigenvalue weighted by Gasteiger charge is -2.40. The molecular formula is C15H15FN4O. The Kier molecular flexibility index (Phi) is 3.26. The third-order valence-electron chi connectivity index (χ3n) is 3.50. The summed E-state index contributed by atoms with van der Waals surface area (Å²) in [6, 6.07) is 5.15. The minimum Gasteiger partial charge on any atom is -0.483 e. The maximum atomic E-state index is 13.8. The number of anilines is 1. The Balaban J connectivity index is 1.70. The highest BCUT2D eigenvalue weighted by atomic mass is 19.1. The van der Waals surface area contributed by atoms with E-state index < -0.39 is 5.82 Å². The fourth-order valence-corrected chi connectivity index (χ4v) is 2.45. The van der Waals surface area contributed by atoms with Crippen molar-refractivity contribution in [3.63, 3.8) is 0 Å². The lowest BCUT2D eigenvalue weighted by molar-refractivity contribution is 0.167. The quantitative estimate of drug-likeness (QED) is 0.866. The van der Waals surface area contributed by atoms with Gasteiger partial charge in [-0.05, 0) is 24.6 Å². The fraction of sp³-hybridized carbons (Fsp3) is 0.333. The molecule has 1 fully saturated rings. The molecule has 21 heavy (non-hydrogen) atoms. The highest BCUT2D eigenvalue weighted by Crippen LogP contribution is 2.29. The molecule has 0 atom stereocenters. The monoisotopic (exact) mass is 286 g/mol. The molecule has 6 heteroatoms. The molecule has 2 aromatic rings. The summed E-state index contributed by atoms with van der Waals surface area (Å²) in [5.41, 5.74) is 1.54. The number of hydrogen-bond acceptors (Lipinski definition) is 4. The van der Waals surface area contributed by atoms with Gasteiger partial charge < -0.3 is 9.64 Å². The van der Waals surface area contributed by atoms with Gasteiger partial charge in [0, 0.05) is 7.05 Å². The van der Waals surface area contributed by atoms with E-state index >= 15 is 0 Å². The Bertz CT molecular complexity index is 713. The Morgan fingerprint density at radius 2 is 2.19 bits per heavy atom. The van der Waals surface area contributed by atoms with Crippen molar-refractivity contribution >= 4 is 5.69 Å². The maximum Gasteiger partial charge on any atom is 0.157 e. The van der Waals surface area contributed by atoms with Gasteiger partial charge in [-0.25, -0.2) is 4.39 Å². The van der Waals surface area contributed by atoms with Gasteiger partial charge in [-0.2, -0.15) is 10.4 Å². The van der Waals surface area contributed by atoms with E-state index in [0.29, 0.717) is 18.8 Å². The predicted octanol–water partition coefficient (Wildman–Crippen LogP) is 2.01. The van der Waals surface area contributed by atoms with Crippen molar-refractivity contribution in [3.8, 4) is 11.8 Å². The van der Waals surface area contributed by atoms with Crippen molar-refractivity contribution < 1.29 is 9.13 Å². The van der Waals surface area contributed by atoms with Gasteiger partial charge in [-0.15, -0.1) is 0 Å². The van der Waals surface area contributed by atoms with E-state index in [1.54, 1.807) is 17.1 Å². The summed E-state index contributed by atoms with van der Waals surface area (Å²) in [7, 11) is 1.83. The van der Waals surface area contributed by atoms with E-state index in [-0.39, 0.29) is 11.7 Å². The van der Waals surface area contributed by atoms with Crippen LogP contribution >= 0.6 is 0 Å². The Hall–Kier alpha value is -2.55. The van der Waals surface area contributed by atoms with Gasteiger partial charge in [-0.1, -0.05) is 0 Å². The number of aromatic nitrogens is 2. The Morgan fingerprint density at radius 1 is 1.43 bits per heavy atom. The average molecular weight is 286 g/mol. The summed E-state index contributed by atoms with van der Waals surface area (Å²) in [6.45, 7) is 3.08. The summed E-state index contributed by atoms with van der Waals surface area (Å²) < 4.78 is 21.2. The predicted molar refractivity (Wildman–Crippen MR) is 75.7 cm³/mol. The average Bonchev–Trinajstić information content (AvgIpc) is 2.78. The first-order valence-electron chi connectivity index (χ1n) is 6.67. The molecule has 3 rings (SSSR count). The van der Waals surface area contributed by atoms with E-state index in [1.165, 1.54) is 6.07 Å². The van der Waals surface area contributed by atoms with E-state index in [2.05, 4.69) is 5.10 Å². The van der Waals surface area contributed by atoms with Crippen LogP contribution in [0.3, 0.4) is 0 Å². The molecule has 2 heterocycles. The molecule has 5 nitrogen and oxygen atoms in total. The third kappa shape index (κ3) is 2.55. The standard InChI is InChI=1S/C15H15FN4O/c1-10-3-14(16)13(5-17)15(4-10)20-8-12(9-20)21-11-6-18-19(2)7-11/h3-4,6-7,12H,8-9H2,1-2H3. The molecule has 1 saturated heterocycles. The second-order valence-corrected chi connectivity index (χ2v) is 5.25. The van der Waals surface area contributed by atoms with Crippen LogP contribution in [-0.4, -0.2) is 29.0 Å². The van der Waals surface area contributed by atoms with E-state index in [9.17, 15) is 4.39 Å². The van der Waals surface area contributed by atoms with Gasteiger partial charge in [0.15, 0.2) is 5.75 Å². The largest absolute Gasteiger partial charge is 0.483 e. The lowest BCUT2D eigenvalue weighted by atomic mass is 10.0. The zero-order valence-electron chi connectivity index (χ0n) is 11.9. The van der Waals surface area contributed by atoms with Gasteiger partial charge in [0.2, 0.25) is 0 Å². The minimum atomic E-state index is -0.468. The number of nitrogens with zero attached hydrogens (tertiary/aromatic N) is 4. The minimum absolute atomic E-state index is 0.0318. The molecule has 0 unspecified atom stereocenters. The summed E-state index contributed by atoms with van der Waals surface area (Å²) in [4.78, 5) is 1.95. The number of benzene rings is 1. The Labute approximate surface area is 122 Å². The molecule has 0 radical (unpaired) electrons. The molecule has 0 N–H and O–H groups in total. The molecule has 1 aliphatic rings. The smallest absolute Gasteiger partial charge is 0.157 e. The van der Waals surface area contributed by atoms with Crippen LogP contribution in [0, 0.1) is 24.1 Å². The fourth-order valence-electron chi connectivity index (χ4n) is 2.45. The van der Waals surface area contributed by atoms with Crippen molar-refractivity contribution in [3.05, 3.63) is 41.5 Å². The zero-order chi connectivity index (χ0) is 15.0. The van der Waals surface area contributed by atoms with Crippen LogP contribution in [0.2, 0.25) is 0 Å². The topological polar surface area (TPSA) is 54.1 Å². The molecule has 1 aromatic heterocycles. The molecule has 0 aliphatic carbocycles. The first-order valence-corrected chi connectivity index (χ1v) is 6.67. The first-order chi connectivity index (χ1) is 10.1. The van der Waals surface area contributed by atoms with E-state index in [0.717, 1.165) is 11.3 Å². The Morgan fingerprint density at radius 3 is 2.81 bits per heavy atom. The highest BCUT2D eigenvalue weighted by molar-refractivity contribution is 5.63. The molecular weight excluding hydrogens is 271 g/mol. The van der Waals surface area contributed by atoms with Crippen molar-refractivity contribution in [1.29, 1.82) is 5.26 Å². The molecule has 0 spiro atoms. The number of ether oxygens (including phenoxy) is 1. The molecule has 108 valence electrons. The molecule has 1 aromatic carbocycles. The number of hydrogen-bond donors (Lipinski definition) is 0. The second kappa shape index (κ2) is 5.09. The third-order valence-corrected chi connectivity index (χ3v) is 3.50. The molecule has 0 bridgehead atoms. The van der Waals surface area contributed by atoms with E-state index in [4.69, 9.17) is 10.00 Å². The molecule has 1 aliphatic heterocycles. The van der Waals surface area contributed by atoms with Crippen LogP contribution in [0.5, 0.6) is 5.75 Å². The first kappa shape index (κ1) is 13.4. The number of halogens is 1. The van der Waals surface area contributed by atoms with Crippen LogP contribution in [-0.2, 0) is 7.05 Å². The number of rotatable bonds is 3. The number of nitriles is 1. The van der Waals surface area contributed by atoms with Crippen molar-refractivity contribution in [2.75, 3.05) is 18.0 Å². The van der Waals surface area contributed by atoms with Crippen molar-refractivity contribution in [1.82, 2.24) is 9.78 Å². The SMILES string of the molecule is Cc1cc(F)c(C#N)c(N2CC(Oc3cnn(C)c3)C2)c1. The van der Waals surface area contributed by atoms with Crippen molar-refractivity contribution in [2.45, 2.75) is 13.0 Å². The van der Waals surface area contributed by atoms with Gasteiger partial charge in [-0.3, -0.25) is 4.68 Å². The van der Waals surface area contributed by atoms with Gasteiger partial charge in [0.1, 0.15) is 23.6 Å². The van der Waals surface area contributed by atoms with Gasteiger partial charge >= 0.3 is 0 Å². The van der Waals surface area contributed by atoms with E-state index in [1.807, 2.05) is 31.0 Å². The van der Waals surface area contributed by atoms with Crippen LogP contribution in [0.4, 0.5) is 10.1 Å². The summed E-state index contributed by atoms with van der Waals surface area (Å²) in [5.74, 6) is 0.252. The van der Waals surface area contributed by atoms with Crippen molar-refractivity contribution in [2.24, 2.45) is 7.05 Å². The van der Waals surface area contributed by atoms with Crippen LogP contribution in [0.25, 0.3) is 0 Å². The summed E-state index contributed by atoms with van der Waals surface area (Å²) in [5, 5.41) is 13.1. The zero-order valence-corrected chi connectivity index (χ0v) is 11.9. The normalized spacial score (nSPS) is 14.7. The van der Waals surface area contributed by atoms with Gasteiger partial charge in [0.05, 0.1) is 31.2 Å². The molecule has 0 amide bonds. The second-order valence-electron chi connectivity index (χ2n) is 5.25. The van der Waals surface area contributed by atoms with Crippen LogP contribution in [0.1, 0.15) is 11.1 Å². The lowest BCUT2D eigenvalue weighted by Crippen LogP contribution is -2.54. The summed E-state index contributed by atoms with van der Waals surface area (Å²) in [6.07, 6.45) is 3.50.